The summed E-state index contributed by atoms with van der Waals surface area (Å²) in [7, 11) is 0. The van der Waals surface area contributed by atoms with Crippen LogP contribution in [0.4, 0.5) is 5.69 Å². The monoisotopic (exact) mass is 385 g/mol. The first-order chi connectivity index (χ1) is 13.1. The van der Waals surface area contributed by atoms with Crippen molar-refractivity contribution in [1.82, 2.24) is 15.6 Å². The number of aliphatic imine (C=N–C) groups is 1. The van der Waals surface area contributed by atoms with Crippen LogP contribution in [-0.2, 0) is 4.79 Å². The number of amides is 1. The molecule has 0 spiro atoms. The lowest BCUT2D eigenvalue weighted by Crippen LogP contribution is -2.42. The third-order valence-corrected chi connectivity index (χ3v) is 6.66. The highest BCUT2D eigenvalue weighted by atomic mass is 32.2. The van der Waals surface area contributed by atoms with Crippen LogP contribution >= 0.6 is 11.8 Å². The first-order valence-electron chi connectivity index (χ1n) is 9.74. The molecule has 1 amide bonds. The van der Waals surface area contributed by atoms with Gasteiger partial charge in [0.1, 0.15) is 0 Å². The molecule has 144 valence electrons. The average Bonchev–Trinajstić information content (AvgIpc) is 3.38. The third kappa shape index (κ3) is 4.04. The molecule has 0 saturated carbocycles. The zero-order chi connectivity index (χ0) is 18.8. The highest BCUT2D eigenvalue weighted by Gasteiger charge is 2.35. The second kappa shape index (κ2) is 8.02. The molecule has 27 heavy (non-hydrogen) atoms. The van der Waals surface area contributed by atoms with Crippen LogP contribution in [0.1, 0.15) is 30.4 Å². The number of hydrogen-bond donors (Lipinski definition) is 2. The molecule has 3 heterocycles. The number of carbonyl (C=O) groups is 1. The summed E-state index contributed by atoms with van der Waals surface area (Å²) in [5.74, 6) is 1.42. The quantitative estimate of drug-likeness (QED) is 0.839. The summed E-state index contributed by atoms with van der Waals surface area (Å²) in [6.45, 7) is 6.85. The minimum Gasteiger partial charge on any atom is -0.341 e. The Hall–Kier alpha value is -1.86. The van der Waals surface area contributed by atoms with Gasteiger partial charge in [0.15, 0.2) is 5.17 Å². The van der Waals surface area contributed by atoms with Crippen molar-refractivity contribution in [2.24, 2.45) is 16.0 Å². The van der Waals surface area contributed by atoms with E-state index in [1.807, 2.05) is 17.0 Å². The van der Waals surface area contributed by atoms with Crippen LogP contribution in [-0.4, -0.2) is 53.1 Å². The van der Waals surface area contributed by atoms with E-state index in [4.69, 9.17) is 4.99 Å². The van der Waals surface area contributed by atoms with Gasteiger partial charge in [-0.05, 0) is 50.3 Å². The molecule has 0 radical (unpaired) electrons. The van der Waals surface area contributed by atoms with Crippen molar-refractivity contribution >= 4 is 34.2 Å². The third-order valence-electron chi connectivity index (χ3n) is 5.77. The van der Waals surface area contributed by atoms with Crippen molar-refractivity contribution in [3.05, 3.63) is 29.3 Å². The molecule has 2 N–H and O–H groups in total. The van der Waals surface area contributed by atoms with Crippen molar-refractivity contribution in [3.63, 3.8) is 0 Å². The van der Waals surface area contributed by atoms with E-state index in [9.17, 15) is 4.79 Å². The van der Waals surface area contributed by atoms with Crippen LogP contribution in [0.5, 0.6) is 0 Å². The molecule has 1 aromatic carbocycles. The summed E-state index contributed by atoms with van der Waals surface area (Å²) < 4.78 is 0. The van der Waals surface area contributed by atoms with Crippen molar-refractivity contribution in [2.75, 3.05) is 25.4 Å². The lowest BCUT2D eigenvalue weighted by Gasteiger charge is -2.21. The number of carbonyl (C=O) groups excluding carboxylic acids is 1. The molecule has 2 atom stereocenters. The van der Waals surface area contributed by atoms with Gasteiger partial charge in [0.2, 0.25) is 5.91 Å². The highest BCUT2D eigenvalue weighted by molar-refractivity contribution is 8.14. The molecule has 3 aliphatic rings. The molecule has 0 bridgehead atoms. The summed E-state index contributed by atoms with van der Waals surface area (Å²) in [5, 5.41) is 8.82. The molecular weight excluding hydrogens is 358 g/mol. The summed E-state index contributed by atoms with van der Waals surface area (Å²) in [6.07, 6.45) is 3.12. The molecule has 6 nitrogen and oxygen atoms in total. The van der Waals surface area contributed by atoms with Crippen molar-refractivity contribution in [3.8, 4) is 0 Å². The van der Waals surface area contributed by atoms with Crippen LogP contribution < -0.4 is 10.7 Å². The summed E-state index contributed by atoms with van der Waals surface area (Å²) in [6, 6.07) is 6.12. The van der Waals surface area contributed by atoms with E-state index in [0.29, 0.717) is 5.92 Å². The van der Waals surface area contributed by atoms with Crippen molar-refractivity contribution in [2.45, 2.75) is 39.2 Å². The second-order valence-corrected chi connectivity index (χ2v) is 8.53. The summed E-state index contributed by atoms with van der Waals surface area (Å²) >= 11 is 1.69. The smallest absolute Gasteiger partial charge is 0.239 e. The fourth-order valence-corrected chi connectivity index (χ4v) is 4.75. The zero-order valence-corrected chi connectivity index (χ0v) is 16.8. The fraction of sp³-hybridized carbons (Fsp3) is 0.550. The van der Waals surface area contributed by atoms with Gasteiger partial charge in [-0.15, -0.1) is 0 Å². The Kier molecular flexibility index (Phi) is 5.50. The Morgan fingerprint density at radius 1 is 1.30 bits per heavy atom. The SMILES string of the molecule is Cc1cccc(N=C2NN=C(C3CNC(C(=O)N4CCCC4)C3)CS2)c1C. The van der Waals surface area contributed by atoms with Crippen LogP contribution in [0.25, 0.3) is 0 Å². The normalized spacial score (nSPS) is 27.0. The summed E-state index contributed by atoms with van der Waals surface area (Å²) in [5.41, 5.74) is 7.68. The molecule has 0 aliphatic carbocycles. The highest BCUT2D eigenvalue weighted by Crippen LogP contribution is 2.26. The van der Waals surface area contributed by atoms with E-state index >= 15 is 0 Å². The Morgan fingerprint density at radius 2 is 2.11 bits per heavy atom. The first kappa shape index (κ1) is 18.5. The molecular formula is C20H27N5OS. The van der Waals surface area contributed by atoms with E-state index in [-0.39, 0.29) is 11.9 Å². The fourth-order valence-electron chi connectivity index (χ4n) is 3.89. The van der Waals surface area contributed by atoms with Crippen molar-refractivity contribution in [1.29, 1.82) is 0 Å². The number of nitrogens with zero attached hydrogens (tertiary/aromatic N) is 3. The second-order valence-electron chi connectivity index (χ2n) is 7.57. The molecule has 2 fully saturated rings. The van der Waals surface area contributed by atoms with E-state index in [1.165, 1.54) is 11.1 Å². The minimum atomic E-state index is -0.0502. The van der Waals surface area contributed by atoms with Gasteiger partial charge in [-0.3, -0.25) is 10.2 Å². The number of rotatable bonds is 3. The number of hydrazone groups is 1. The molecule has 2 unspecified atom stereocenters. The van der Waals surface area contributed by atoms with Gasteiger partial charge in [-0.2, -0.15) is 5.10 Å². The number of aryl methyl sites for hydroxylation is 1. The Bertz CT molecular complexity index is 785. The number of hydrogen-bond acceptors (Lipinski definition) is 5. The maximum absolute atomic E-state index is 12.6. The number of thioether (sulfide) groups is 1. The van der Waals surface area contributed by atoms with E-state index in [1.54, 1.807) is 11.8 Å². The predicted octanol–water partition coefficient (Wildman–Crippen LogP) is 2.58. The van der Waals surface area contributed by atoms with Crippen LogP contribution in [0.3, 0.4) is 0 Å². The molecule has 3 aliphatic heterocycles. The molecule has 1 aromatic rings. The maximum Gasteiger partial charge on any atom is 0.239 e. The Morgan fingerprint density at radius 3 is 2.85 bits per heavy atom. The molecule has 7 heteroatoms. The zero-order valence-electron chi connectivity index (χ0n) is 16.0. The standard InChI is InChI=1S/C20H27N5OS/c1-13-6-5-7-16(14(13)2)22-20-24-23-18(12-27-20)15-10-17(21-11-15)19(26)25-8-3-4-9-25/h5-7,15,17,21H,3-4,8-12H2,1-2H3,(H,22,24). The predicted molar refractivity (Wildman–Crippen MR) is 112 cm³/mol. The largest absolute Gasteiger partial charge is 0.341 e. The van der Waals surface area contributed by atoms with E-state index in [0.717, 1.165) is 61.2 Å². The maximum atomic E-state index is 12.6. The number of nitrogens with one attached hydrogen (secondary N) is 2. The van der Waals surface area contributed by atoms with Gasteiger partial charge in [-0.25, -0.2) is 4.99 Å². The van der Waals surface area contributed by atoms with Crippen LogP contribution in [0.2, 0.25) is 0 Å². The molecule has 4 rings (SSSR count). The Labute approximate surface area is 164 Å². The van der Waals surface area contributed by atoms with Crippen LogP contribution in [0.15, 0.2) is 28.3 Å². The number of likely N-dealkylation sites (tertiary alicyclic amines) is 1. The van der Waals surface area contributed by atoms with Gasteiger partial charge < -0.3 is 10.2 Å². The number of amidine groups is 1. The van der Waals surface area contributed by atoms with Gasteiger partial charge in [0.25, 0.3) is 0 Å². The summed E-state index contributed by atoms with van der Waals surface area (Å²) in [4.78, 5) is 19.3. The number of benzene rings is 1. The van der Waals surface area contributed by atoms with E-state index in [2.05, 4.69) is 35.8 Å². The van der Waals surface area contributed by atoms with Gasteiger partial charge in [0.05, 0.1) is 17.4 Å². The molecule has 2 saturated heterocycles. The lowest BCUT2D eigenvalue weighted by molar-refractivity contribution is -0.132. The topological polar surface area (TPSA) is 69.1 Å². The van der Waals surface area contributed by atoms with E-state index < -0.39 is 0 Å². The van der Waals surface area contributed by atoms with Crippen molar-refractivity contribution < 1.29 is 4.79 Å². The minimum absolute atomic E-state index is 0.0502. The first-order valence-corrected chi connectivity index (χ1v) is 10.7. The lowest BCUT2D eigenvalue weighted by atomic mass is 10.0. The van der Waals surface area contributed by atoms with Crippen LogP contribution in [0, 0.1) is 19.8 Å². The van der Waals surface area contributed by atoms with Gasteiger partial charge >= 0.3 is 0 Å². The average molecular weight is 386 g/mol. The Balaban J connectivity index is 1.37. The van der Waals surface area contributed by atoms with Gasteiger partial charge in [-0.1, -0.05) is 23.9 Å². The molecule has 0 aromatic heterocycles. The van der Waals surface area contributed by atoms with Gasteiger partial charge in [0, 0.05) is 31.3 Å².